The predicted molar refractivity (Wildman–Crippen MR) is 82.2 cm³/mol. The maximum atomic E-state index is 12.1. The summed E-state index contributed by atoms with van der Waals surface area (Å²) >= 11 is 3.25. The first-order chi connectivity index (χ1) is 10.0. The van der Waals surface area contributed by atoms with E-state index in [1.165, 1.54) is 14.2 Å². The zero-order valence-electron chi connectivity index (χ0n) is 12.1. The van der Waals surface area contributed by atoms with Crippen molar-refractivity contribution in [2.75, 3.05) is 20.8 Å². The second kappa shape index (κ2) is 8.79. The smallest absolute Gasteiger partial charge is 0.216 e. The number of carbonyl (C=O) groups is 2. The topological polar surface area (TPSA) is 72.8 Å². The highest BCUT2D eigenvalue weighted by Crippen LogP contribution is 2.33. The van der Waals surface area contributed by atoms with Crippen LogP contribution in [0.4, 0.5) is 0 Å². The zero-order valence-corrected chi connectivity index (χ0v) is 13.7. The highest BCUT2D eigenvalue weighted by atomic mass is 79.9. The standard InChI is InChI=1S/C15H19BrO5/c1-20-12-7-6-10(9-13(12)21-2)14(16)15(19)11(18)5-3-4-8-17/h6-7,9,14,17H,3-5,8H2,1-2H3. The number of alkyl halides is 1. The van der Waals surface area contributed by atoms with Crippen molar-refractivity contribution in [1.29, 1.82) is 0 Å². The first-order valence-electron chi connectivity index (χ1n) is 6.59. The van der Waals surface area contributed by atoms with Crippen LogP contribution in [-0.2, 0) is 9.59 Å². The van der Waals surface area contributed by atoms with Crippen LogP contribution in [0.25, 0.3) is 0 Å². The molecule has 0 bridgehead atoms. The van der Waals surface area contributed by atoms with Crippen molar-refractivity contribution in [3.05, 3.63) is 23.8 Å². The van der Waals surface area contributed by atoms with Gasteiger partial charge in [-0.25, -0.2) is 0 Å². The Balaban J connectivity index is 2.80. The lowest BCUT2D eigenvalue weighted by Gasteiger charge is -2.12. The summed E-state index contributed by atoms with van der Waals surface area (Å²) in [5.74, 6) is 0.114. The molecule has 0 aliphatic rings. The molecule has 0 aliphatic carbocycles. The minimum Gasteiger partial charge on any atom is -0.493 e. The molecule has 0 aliphatic heterocycles. The van der Waals surface area contributed by atoms with Crippen LogP contribution in [0.3, 0.4) is 0 Å². The first kappa shape index (κ1) is 17.7. The van der Waals surface area contributed by atoms with Crippen LogP contribution in [0.5, 0.6) is 11.5 Å². The molecule has 0 saturated carbocycles. The van der Waals surface area contributed by atoms with Gasteiger partial charge < -0.3 is 14.6 Å². The highest BCUT2D eigenvalue weighted by molar-refractivity contribution is 9.09. The summed E-state index contributed by atoms with van der Waals surface area (Å²) in [7, 11) is 3.03. The molecule has 21 heavy (non-hydrogen) atoms. The number of aliphatic hydroxyl groups excluding tert-OH is 1. The number of Topliss-reactive ketones (excluding diaryl/α,β-unsaturated/α-hetero) is 2. The minimum atomic E-state index is -0.709. The van der Waals surface area contributed by atoms with E-state index in [1.54, 1.807) is 18.2 Å². The Morgan fingerprint density at radius 3 is 2.43 bits per heavy atom. The molecule has 5 nitrogen and oxygen atoms in total. The largest absolute Gasteiger partial charge is 0.493 e. The maximum Gasteiger partial charge on any atom is 0.216 e. The van der Waals surface area contributed by atoms with Crippen LogP contribution in [0.1, 0.15) is 29.7 Å². The third-order valence-electron chi connectivity index (χ3n) is 3.02. The quantitative estimate of drug-likeness (QED) is 0.417. The molecule has 116 valence electrons. The van der Waals surface area contributed by atoms with Crippen molar-refractivity contribution < 1.29 is 24.2 Å². The van der Waals surface area contributed by atoms with E-state index in [1.807, 2.05) is 0 Å². The Morgan fingerprint density at radius 1 is 1.19 bits per heavy atom. The van der Waals surface area contributed by atoms with Gasteiger partial charge in [-0.3, -0.25) is 9.59 Å². The van der Waals surface area contributed by atoms with Gasteiger partial charge in [0.25, 0.3) is 0 Å². The number of rotatable bonds is 9. The van der Waals surface area contributed by atoms with Crippen LogP contribution in [0.2, 0.25) is 0 Å². The number of aliphatic hydroxyl groups is 1. The van der Waals surface area contributed by atoms with E-state index in [-0.39, 0.29) is 13.0 Å². The Labute approximate surface area is 132 Å². The fourth-order valence-corrected chi connectivity index (χ4v) is 2.36. The number of ketones is 2. The number of benzene rings is 1. The monoisotopic (exact) mass is 358 g/mol. The van der Waals surface area contributed by atoms with Crippen LogP contribution < -0.4 is 9.47 Å². The van der Waals surface area contributed by atoms with Crippen LogP contribution >= 0.6 is 15.9 Å². The van der Waals surface area contributed by atoms with E-state index in [0.29, 0.717) is 29.9 Å². The lowest BCUT2D eigenvalue weighted by Crippen LogP contribution is -2.18. The van der Waals surface area contributed by atoms with Crippen molar-refractivity contribution in [1.82, 2.24) is 0 Å². The molecule has 1 atom stereocenters. The molecule has 1 N–H and O–H groups in total. The number of methoxy groups -OCH3 is 2. The van der Waals surface area contributed by atoms with Gasteiger partial charge in [0.2, 0.25) is 5.78 Å². The number of unbranched alkanes of at least 4 members (excludes halogenated alkanes) is 1. The highest BCUT2D eigenvalue weighted by Gasteiger charge is 2.24. The second-order valence-electron chi connectivity index (χ2n) is 4.45. The van der Waals surface area contributed by atoms with E-state index in [2.05, 4.69) is 15.9 Å². The second-order valence-corrected chi connectivity index (χ2v) is 5.36. The number of hydrogen-bond donors (Lipinski definition) is 1. The Morgan fingerprint density at radius 2 is 1.86 bits per heavy atom. The zero-order chi connectivity index (χ0) is 15.8. The molecule has 0 spiro atoms. The molecule has 0 heterocycles. The SMILES string of the molecule is COc1ccc(C(Br)C(=O)C(=O)CCCCO)cc1OC. The van der Waals surface area contributed by atoms with Gasteiger partial charge in [-0.05, 0) is 30.5 Å². The number of carbonyl (C=O) groups excluding carboxylic acids is 2. The van der Waals surface area contributed by atoms with Gasteiger partial charge >= 0.3 is 0 Å². The van der Waals surface area contributed by atoms with Crippen LogP contribution in [0, 0.1) is 0 Å². The molecular weight excluding hydrogens is 340 g/mol. The Bertz CT molecular complexity index is 501. The van der Waals surface area contributed by atoms with Crippen LogP contribution in [-0.4, -0.2) is 37.5 Å². The van der Waals surface area contributed by atoms with Crippen LogP contribution in [0.15, 0.2) is 18.2 Å². The maximum absolute atomic E-state index is 12.1. The average molecular weight is 359 g/mol. The van der Waals surface area contributed by atoms with E-state index in [4.69, 9.17) is 14.6 Å². The first-order valence-corrected chi connectivity index (χ1v) is 7.50. The van der Waals surface area contributed by atoms with Gasteiger partial charge in [-0.2, -0.15) is 0 Å². The normalized spacial score (nSPS) is 11.8. The van der Waals surface area contributed by atoms with E-state index in [9.17, 15) is 9.59 Å². The molecule has 6 heteroatoms. The third-order valence-corrected chi connectivity index (χ3v) is 3.96. The molecule has 1 unspecified atom stereocenters. The average Bonchev–Trinajstić information content (AvgIpc) is 2.52. The fourth-order valence-electron chi connectivity index (χ4n) is 1.82. The van der Waals surface area contributed by atoms with E-state index >= 15 is 0 Å². The van der Waals surface area contributed by atoms with E-state index < -0.39 is 16.4 Å². The number of halogens is 1. The lowest BCUT2D eigenvalue weighted by atomic mass is 10.0. The third kappa shape index (κ3) is 4.82. The Hall–Kier alpha value is -1.40. The van der Waals surface area contributed by atoms with Crippen molar-refractivity contribution >= 4 is 27.5 Å². The lowest BCUT2D eigenvalue weighted by molar-refractivity contribution is -0.136. The fraction of sp³-hybridized carbons (Fsp3) is 0.467. The molecule has 1 rings (SSSR count). The summed E-state index contributed by atoms with van der Waals surface area (Å²) in [4.78, 5) is 23.1. The summed E-state index contributed by atoms with van der Waals surface area (Å²) in [5.41, 5.74) is 0.633. The molecule has 0 aromatic heterocycles. The van der Waals surface area contributed by atoms with Gasteiger partial charge in [-0.1, -0.05) is 22.0 Å². The number of ether oxygens (including phenoxy) is 2. The molecule has 0 radical (unpaired) electrons. The molecule has 0 amide bonds. The minimum absolute atomic E-state index is 0.0227. The summed E-state index contributed by atoms with van der Waals surface area (Å²) < 4.78 is 10.3. The summed E-state index contributed by atoms with van der Waals surface area (Å²) in [5, 5.41) is 8.68. The van der Waals surface area contributed by atoms with Gasteiger partial charge in [-0.15, -0.1) is 0 Å². The van der Waals surface area contributed by atoms with E-state index in [0.717, 1.165) is 0 Å². The van der Waals surface area contributed by atoms with Gasteiger partial charge in [0.1, 0.15) is 4.83 Å². The molecule has 1 aromatic rings. The summed E-state index contributed by atoms with van der Waals surface area (Å²) in [6, 6.07) is 5.06. The number of hydrogen-bond acceptors (Lipinski definition) is 5. The molecule has 0 saturated heterocycles. The van der Waals surface area contributed by atoms with Crippen molar-refractivity contribution in [3.8, 4) is 11.5 Å². The van der Waals surface area contributed by atoms with Gasteiger partial charge in [0.05, 0.1) is 14.2 Å². The van der Waals surface area contributed by atoms with Crippen molar-refractivity contribution in [2.45, 2.75) is 24.1 Å². The van der Waals surface area contributed by atoms with Crippen molar-refractivity contribution in [2.24, 2.45) is 0 Å². The molecule has 0 fully saturated rings. The molecule has 1 aromatic carbocycles. The summed E-state index contributed by atoms with van der Waals surface area (Å²) in [6.07, 6.45) is 1.17. The predicted octanol–water partition coefficient (Wildman–Crippen LogP) is 2.44. The molecular formula is C15H19BrO5. The van der Waals surface area contributed by atoms with Gasteiger partial charge in [0, 0.05) is 13.0 Å². The summed E-state index contributed by atoms with van der Waals surface area (Å²) in [6.45, 7) is 0.0227. The Kier molecular flexibility index (Phi) is 7.39. The van der Waals surface area contributed by atoms with Gasteiger partial charge in [0.15, 0.2) is 17.3 Å². The van der Waals surface area contributed by atoms with Crippen molar-refractivity contribution in [3.63, 3.8) is 0 Å².